The van der Waals surface area contributed by atoms with E-state index in [9.17, 15) is 4.79 Å². The molecule has 2 aromatic carbocycles. The topological polar surface area (TPSA) is 62.8 Å². The molecule has 0 aliphatic carbocycles. The summed E-state index contributed by atoms with van der Waals surface area (Å²) in [5.41, 5.74) is 1.75. The van der Waals surface area contributed by atoms with Crippen LogP contribution in [0.3, 0.4) is 0 Å². The summed E-state index contributed by atoms with van der Waals surface area (Å²) in [5, 5.41) is 5.78. The highest BCUT2D eigenvalue weighted by Gasteiger charge is 2.10. The average molecular weight is 369 g/mol. The van der Waals surface area contributed by atoms with Gasteiger partial charge in [0.05, 0.1) is 18.9 Å². The summed E-state index contributed by atoms with van der Waals surface area (Å²) in [4.78, 5) is 14.5. The van der Waals surface area contributed by atoms with Gasteiger partial charge >= 0.3 is 6.03 Å². The predicted octanol–water partition coefficient (Wildman–Crippen LogP) is 3.11. The van der Waals surface area contributed by atoms with Crippen molar-refractivity contribution in [3.05, 3.63) is 60.2 Å². The zero-order chi connectivity index (χ0) is 18.7. The Morgan fingerprint density at radius 1 is 1.04 bits per heavy atom. The lowest BCUT2D eigenvalue weighted by molar-refractivity contribution is 0.0375. The number of rotatable bonds is 8. The molecular formula is C21H27N3O3. The SMILES string of the molecule is O=C(NCCCN1CCOCC1)Nc1ccccc1OCc1ccccc1. The highest BCUT2D eigenvalue weighted by atomic mass is 16.5. The summed E-state index contributed by atoms with van der Waals surface area (Å²) < 4.78 is 11.2. The van der Waals surface area contributed by atoms with Crippen molar-refractivity contribution in [2.24, 2.45) is 0 Å². The minimum absolute atomic E-state index is 0.215. The van der Waals surface area contributed by atoms with Gasteiger partial charge in [0.2, 0.25) is 0 Å². The molecule has 0 spiro atoms. The van der Waals surface area contributed by atoms with E-state index in [1.54, 1.807) is 0 Å². The van der Waals surface area contributed by atoms with E-state index in [1.807, 2.05) is 54.6 Å². The monoisotopic (exact) mass is 369 g/mol. The minimum atomic E-state index is -0.215. The van der Waals surface area contributed by atoms with Gasteiger partial charge in [0.25, 0.3) is 0 Å². The van der Waals surface area contributed by atoms with E-state index in [0.717, 1.165) is 44.8 Å². The molecule has 0 saturated carbocycles. The number of amides is 2. The molecule has 0 unspecified atom stereocenters. The summed E-state index contributed by atoms with van der Waals surface area (Å²) in [7, 11) is 0. The molecule has 6 nitrogen and oxygen atoms in total. The number of para-hydroxylation sites is 2. The Bertz CT molecular complexity index is 703. The van der Waals surface area contributed by atoms with Gasteiger partial charge in [0.1, 0.15) is 12.4 Å². The number of hydrogen-bond donors (Lipinski definition) is 2. The van der Waals surface area contributed by atoms with Crippen LogP contribution in [0, 0.1) is 0 Å². The molecule has 0 atom stereocenters. The van der Waals surface area contributed by atoms with Gasteiger partial charge in [-0.1, -0.05) is 42.5 Å². The second-order valence-corrected chi connectivity index (χ2v) is 6.46. The average Bonchev–Trinajstić information content (AvgIpc) is 2.72. The summed E-state index contributed by atoms with van der Waals surface area (Å²) in [6.07, 6.45) is 0.916. The van der Waals surface area contributed by atoms with Crippen molar-refractivity contribution in [3.63, 3.8) is 0 Å². The van der Waals surface area contributed by atoms with E-state index >= 15 is 0 Å². The Labute approximate surface area is 160 Å². The second-order valence-electron chi connectivity index (χ2n) is 6.46. The molecule has 3 rings (SSSR count). The Hall–Kier alpha value is -2.57. The van der Waals surface area contributed by atoms with Gasteiger partial charge in [-0.2, -0.15) is 0 Å². The number of ether oxygens (including phenoxy) is 2. The molecule has 144 valence electrons. The number of benzene rings is 2. The van der Waals surface area contributed by atoms with E-state index in [0.29, 0.717) is 24.6 Å². The zero-order valence-electron chi connectivity index (χ0n) is 15.5. The molecule has 27 heavy (non-hydrogen) atoms. The van der Waals surface area contributed by atoms with Gasteiger partial charge in [0.15, 0.2) is 0 Å². The van der Waals surface area contributed by atoms with Crippen LogP contribution in [0.15, 0.2) is 54.6 Å². The van der Waals surface area contributed by atoms with Gasteiger partial charge in [-0.05, 0) is 30.7 Å². The lowest BCUT2D eigenvalue weighted by Crippen LogP contribution is -2.38. The standard InChI is InChI=1S/C21H27N3O3/c25-21(22-11-6-12-24-13-15-26-16-14-24)23-19-9-4-5-10-20(19)27-17-18-7-2-1-3-8-18/h1-5,7-10H,6,11-17H2,(H2,22,23,25). The zero-order valence-corrected chi connectivity index (χ0v) is 15.5. The van der Waals surface area contributed by atoms with Crippen LogP contribution in [0.4, 0.5) is 10.5 Å². The molecule has 1 fully saturated rings. The van der Waals surface area contributed by atoms with Crippen LogP contribution in [0.1, 0.15) is 12.0 Å². The number of anilines is 1. The maximum absolute atomic E-state index is 12.2. The van der Waals surface area contributed by atoms with E-state index in [4.69, 9.17) is 9.47 Å². The fourth-order valence-corrected chi connectivity index (χ4v) is 2.93. The number of morpholine rings is 1. The van der Waals surface area contributed by atoms with Crippen molar-refractivity contribution in [3.8, 4) is 5.75 Å². The van der Waals surface area contributed by atoms with Crippen LogP contribution in [-0.2, 0) is 11.3 Å². The van der Waals surface area contributed by atoms with Crippen molar-refractivity contribution in [1.82, 2.24) is 10.2 Å². The Morgan fingerprint density at radius 3 is 2.59 bits per heavy atom. The summed E-state index contributed by atoms with van der Waals surface area (Å²) in [6.45, 7) is 5.61. The van der Waals surface area contributed by atoms with Crippen molar-refractivity contribution in [1.29, 1.82) is 0 Å². The Balaban J connectivity index is 1.42. The van der Waals surface area contributed by atoms with Crippen LogP contribution in [0.5, 0.6) is 5.75 Å². The first-order valence-corrected chi connectivity index (χ1v) is 9.42. The van der Waals surface area contributed by atoms with Crippen LogP contribution in [0.25, 0.3) is 0 Å². The van der Waals surface area contributed by atoms with Crippen LogP contribution in [0.2, 0.25) is 0 Å². The number of urea groups is 1. The molecule has 1 saturated heterocycles. The third kappa shape index (κ3) is 6.58. The maximum atomic E-state index is 12.2. The molecule has 0 aromatic heterocycles. The molecule has 1 aliphatic heterocycles. The van der Waals surface area contributed by atoms with Crippen LogP contribution < -0.4 is 15.4 Å². The third-order valence-electron chi connectivity index (χ3n) is 4.41. The van der Waals surface area contributed by atoms with E-state index in [1.165, 1.54) is 0 Å². The number of nitrogens with zero attached hydrogens (tertiary/aromatic N) is 1. The van der Waals surface area contributed by atoms with Crippen molar-refractivity contribution < 1.29 is 14.3 Å². The molecule has 2 amide bonds. The number of hydrogen-bond acceptors (Lipinski definition) is 4. The lowest BCUT2D eigenvalue weighted by atomic mass is 10.2. The molecule has 1 aliphatic rings. The lowest BCUT2D eigenvalue weighted by Gasteiger charge is -2.26. The number of carbonyl (C=O) groups excluding carboxylic acids is 1. The first-order valence-electron chi connectivity index (χ1n) is 9.42. The summed E-state index contributed by atoms with van der Waals surface area (Å²) in [5.74, 6) is 0.657. The highest BCUT2D eigenvalue weighted by molar-refractivity contribution is 5.90. The highest BCUT2D eigenvalue weighted by Crippen LogP contribution is 2.24. The van der Waals surface area contributed by atoms with Crippen LogP contribution in [-0.4, -0.2) is 50.3 Å². The smallest absolute Gasteiger partial charge is 0.319 e. The van der Waals surface area contributed by atoms with E-state index in [-0.39, 0.29) is 6.03 Å². The van der Waals surface area contributed by atoms with Gasteiger partial charge in [-0.3, -0.25) is 4.90 Å². The number of nitrogens with one attached hydrogen (secondary N) is 2. The van der Waals surface area contributed by atoms with Gasteiger partial charge in [-0.25, -0.2) is 4.79 Å². The van der Waals surface area contributed by atoms with Crippen molar-refractivity contribution in [2.45, 2.75) is 13.0 Å². The maximum Gasteiger partial charge on any atom is 0.319 e. The molecule has 0 bridgehead atoms. The van der Waals surface area contributed by atoms with Crippen LogP contribution >= 0.6 is 0 Å². The van der Waals surface area contributed by atoms with E-state index < -0.39 is 0 Å². The van der Waals surface area contributed by atoms with Crippen molar-refractivity contribution in [2.75, 3.05) is 44.7 Å². The van der Waals surface area contributed by atoms with Gasteiger partial charge < -0.3 is 20.1 Å². The molecular weight excluding hydrogens is 342 g/mol. The van der Waals surface area contributed by atoms with E-state index in [2.05, 4.69) is 15.5 Å². The molecule has 2 aromatic rings. The first kappa shape index (κ1) is 19.2. The normalized spacial score (nSPS) is 14.5. The third-order valence-corrected chi connectivity index (χ3v) is 4.41. The molecule has 2 N–H and O–H groups in total. The second kappa shape index (κ2) is 10.5. The van der Waals surface area contributed by atoms with Gasteiger partial charge in [-0.15, -0.1) is 0 Å². The Morgan fingerprint density at radius 2 is 1.78 bits per heavy atom. The summed E-state index contributed by atoms with van der Waals surface area (Å²) in [6, 6.07) is 17.2. The molecule has 6 heteroatoms. The Kier molecular flexibility index (Phi) is 7.50. The fraction of sp³-hybridized carbons (Fsp3) is 0.381. The quantitative estimate of drug-likeness (QED) is 0.702. The first-order chi connectivity index (χ1) is 13.3. The fourth-order valence-electron chi connectivity index (χ4n) is 2.93. The predicted molar refractivity (Wildman–Crippen MR) is 106 cm³/mol. The summed E-state index contributed by atoms with van der Waals surface area (Å²) >= 11 is 0. The number of carbonyl (C=O) groups is 1. The molecule has 1 heterocycles. The molecule has 0 radical (unpaired) electrons. The largest absolute Gasteiger partial charge is 0.487 e. The van der Waals surface area contributed by atoms with Gasteiger partial charge in [0, 0.05) is 19.6 Å². The minimum Gasteiger partial charge on any atom is -0.487 e. The van der Waals surface area contributed by atoms with Crippen molar-refractivity contribution >= 4 is 11.7 Å².